The number of nitrogens with one attached hydrogen (secondary N) is 3. The molecular weight excluding hydrogens is 498 g/mol. The summed E-state index contributed by atoms with van der Waals surface area (Å²) < 4.78 is 13.9. The van der Waals surface area contributed by atoms with Crippen LogP contribution in [0.3, 0.4) is 0 Å². The van der Waals surface area contributed by atoms with E-state index in [0.29, 0.717) is 18.7 Å². The van der Waals surface area contributed by atoms with Crippen molar-refractivity contribution in [2.75, 3.05) is 18.8 Å². The Morgan fingerprint density at radius 2 is 1.82 bits per heavy atom. The van der Waals surface area contributed by atoms with E-state index in [4.69, 9.17) is 0 Å². The number of aliphatic hydroxyl groups is 1. The van der Waals surface area contributed by atoms with Crippen molar-refractivity contribution in [2.24, 2.45) is 0 Å². The molecule has 1 aliphatic rings. The first-order valence-electron chi connectivity index (χ1n) is 13.8. The van der Waals surface area contributed by atoms with E-state index in [2.05, 4.69) is 41.9 Å². The van der Waals surface area contributed by atoms with E-state index >= 15 is 0 Å². The van der Waals surface area contributed by atoms with Crippen LogP contribution in [0.15, 0.2) is 54.6 Å². The fraction of sp³-hybridized carbons (Fsp3) is 0.500. The van der Waals surface area contributed by atoms with Crippen molar-refractivity contribution < 1.29 is 18.9 Å². The number of hydrogen-bond donors (Lipinski definition) is 4. The van der Waals surface area contributed by atoms with Gasteiger partial charge in [0, 0.05) is 36.2 Å². The Morgan fingerprint density at radius 1 is 1.05 bits per heavy atom. The zero-order chi connectivity index (χ0) is 27.4. The summed E-state index contributed by atoms with van der Waals surface area (Å²) in [5.74, 6) is -0.733. The molecule has 0 bridgehead atoms. The minimum Gasteiger partial charge on any atom is -0.390 e. The lowest BCUT2D eigenvalue weighted by atomic mass is 10.1. The van der Waals surface area contributed by atoms with Crippen LogP contribution in [0.4, 0.5) is 0 Å². The van der Waals surface area contributed by atoms with Crippen molar-refractivity contribution >= 4 is 26.7 Å². The molecule has 4 unspecified atom stereocenters. The molecule has 0 spiro atoms. The number of benzene rings is 2. The van der Waals surface area contributed by atoms with E-state index in [9.17, 15) is 18.9 Å². The molecule has 38 heavy (non-hydrogen) atoms. The summed E-state index contributed by atoms with van der Waals surface area (Å²) in [6.45, 7) is 5.18. The fourth-order valence-electron chi connectivity index (χ4n) is 4.80. The summed E-state index contributed by atoms with van der Waals surface area (Å²) in [7, 11) is -2.40. The van der Waals surface area contributed by atoms with E-state index < -0.39 is 27.6 Å². The number of amides is 2. The fourth-order valence-corrected chi connectivity index (χ4v) is 7.87. The van der Waals surface area contributed by atoms with Crippen LogP contribution >= 0.6 is 0 Å². The number of hydrogen-bond acceptors (Lipinski definition) is 5. The first-order valence-corrected chi connectivity index (χ1v) is 15.6. The average molecular weight is 542 g/mol. The van der Waals surface area contributed by atoms with Crippen LogP contribution in [0.5, 0.6) is 0 Å². The van der Waals surface area contributed by atoms with Gasteiger partial charge in [0.2, 0.25) is 5.91 Å². The third kappa shape index (κ3) is 8.96. The largest absolute Gasteiger partial charge is 0.390 e. The highest BCUT2D eigenvalue weighted by atomic mass is 32.2. The summed E-state index contributed by atoms with van der Waals surface area (Å²) in [4.78, 5) is 26.1. The Morgan fingerprint density at radius 3 is 2.55 bits per heavy atom. The van der Waals surface area contributed by atoms with Gasteiger partial charge in [0.15, 0.2) is 0 Å². The molecule has 2 aromatic rings. The minimum absolute atomic E-state index is 0.0305. The second-order valence-corrected chi connectivity index (χ2v) is 12.9. The van der Waals surface area contributed by atoms with E-state index in [1.54, 1.807) is 24.3 Å². The Bertz CT molecular complexity index is 1160. The highest BCUT2D eigenvalue weighted by molar-refractivity contribution is 8.02. The lowest BCUT2D eigenvalue weighted by Gasteiger charge is -2.24. The molecule has 0 fully saturated rings. The number of rotatable bonds is 15. The normalized spacial score (nSPS) is 20.3. The topological polar surface area (TPSA) is 108 Å². The lowest BCUT2D eigenvalue weighted by Crippen LogP contribution is -2.52. The molecule has 0 radical (unpaired) electrons. The predicted octanol–water partition coefficient (Wildman–Crippen LogP) is 3.05. The molecule has 8 heteroatoms. The van der Waals surface area contributed by atoms with Gasteiger partial charge >= 0.3 is 0 Å². The molecule has 3 rings (SSSR count). The van der Waals surface area contributed by atoms with Gasteiger partial charge in [0.05, 0.1) is 6.10 Å². The number of unbranched alkanes of at least 4 members (excludes halogenated alkanes) is 1. The van der Waals surface area contributed by atoms with Gasteiger partial charge in [-0.25, -0.2) is 0 Å². The predicted molar refractivity (Wildman–Crippen MR) is 156 cm³/mol. The third-order valence-electron chi connectivity index (χ3n) is 7.04. The number of carbonyl (C=O) groups is 2. The summed E-state index contributed by atoms with van der Waals surface area (Å²) in [5.41, 5.74) is 2.84. The Labute approximate surface area is 227 Å². The Kier molecular flexibility index (Phi) is 11.8. The second kappa shape index (κ2) is 15.0. The maximum atomic E-state index is 13.9. The summed E-state index contributed by atoms with van der Waals surface area (Å²) in [6.07, 6.45) is 4.65. The second-order valence-electron chi connectivity index (χ2n) is 10.1. The van der Waals surface area contributed by atoms with E-state index in [-0.39, 0.29) is 23.5 Å². The summed E-state index contributed by atoms with van der Waals surface area (Å²) in [5, 5.41) is 21.2. The van der Waals surface area contributed by atoms with Gasteiger partial charge in [0.1, 0.15) is 6.04 Å². The quantitative estimate of drug-likeness (QED) is 0.259. The molecule has 2 aromatic carbocycles. The zero-order valence-corrected chi connectivity index (χ0v) is 23.5. The first-order chi connectivity index (χ1) is 18.3. The molecule has 0 aromatic heterocycles. The van der Waals surface area contributed by atoms with Crippen molar-refractivity contribution in [1.29, 1.82) is 0 Å². The molecule has 1 heterocycles. The summed E-state index contributed by atoms with van der Waals surface area (Å²) in [6, 6.07) is 16.0. The van der Waals surface area contributed by atoms with Crippen LogP contribution in [0.25, 0.3) is 0 Å². The SMILES string of the molecule is CCCCC1CCC=S1(=O)CC(NC(=O)c1ccccc1)C(=O)NCC(O)CNCc1cccc(CC)c1. The van der Waals surface area contributed by atoms with Crippen molar-refractivity contribution in [1.82, 2.24) is 16.0 Å². The van der Waals surface area contributed by atoms with Gasteiger partial charge in [-0.05, 0) is 63.8 Å². The zero-order valence-electron chi connectivity index (χ0n) is 22.7. The van der Waals surface area contributed by atoms with Crippen molar-refractivity contribution in [3.8, 4) is 0 Å². The highest BCUT2D eigenvalue weighted by Gasteiger charge is 2.32. The van der Waals surface area contributed by atoms with Crippen LogP contribution in [0.2, 0.25) is 0 Å². The molecule has 4 atom stereocenters. The number of aryl methyl sites for hydroxylation is 1. The highest BCUT2D eigenvalue weighted by Crippen LogP contribution is 2.24. The van der Waals surface area contributed by atoms with E-state index in [0.717, 1.165) is 44.1 Å². The van der Waals surface area contributed by atoms with Crippen LogP contribution in [-0.2, 0) is 27.3 Å². The molecule has 1 aliphatic heterocycles. The summed E-state index contributed by atoms with van der Waals surface area (Å²) >= 11 is 0. The van der Waals surface area contributed by atoms with Crippen molar-refractivity contribution in [2.45, 2.75) is 76.3 Å². The molecule has 4 N–H and O–H groups in total. The van der Waals surface area contributed by atoms with Crippen LogP contribution in [0.1, 0.15) is 67.4 Å². The molecule has 0 aliphatic carbocycles. The van der Waals surface area contributed by atoms with Crippen LogP contribution < -0.4 is 16.0 Å². The standard InChI is InChI=1S/C30H43N3O4S/c1-3-5-15-27-16-10-17-38(27,37)22-28(33-29(35)25-13-7-6-8-14-25)30(36)32-21-26(34)20-31-19-24-12-9-11-23(4-2)18-24/h6-9,11-14,17-18,26-28,31,34H,3-5,10,15-16,19-22H2,1-2H3,(H,32,36)(H,33,35). The maximum absolute atomic E-state index is 13.9. The van der Waals surface area contributed by atoms with Crippen molar-refractivity contribution in [3.05, 3.63) is 71.3 Å². The molecule has 208 valence electrons. The van der Waals surface area contributed by atoms with Gasteiger partial charge in [-0.3, -0.25) is 13.8 Å². The minimum atomic E-state index is -2.40. The monoisotopic (exact) mass is 541 g/mol. The molecule has 0 saturated heterocycles. The maximum Gasteiger partial charge on any atom is 0.251 e. The van der Waals surface area contributed by atoms with Gasteiger partial charge in [0.25, 0.3) is 5.91 Å². The van der Waals surface area contributed by atoms with Crippen LogP contribution in [0, 0.1) is 0 Å². The van der Waals surface area contributed by atoms with E-state index in [1.807, 2.05) is 23.6 Å². The Balaban J connectivity index is 1.60. The third-order valence-corrected chi connectivity index (χ3v) is 10.3. The first kappa shape index (κ1) is 29.9. The molecule has 0 saturated carbocycles. The average Bonchev–Trinajstić information content (AvgIpc) is 3.30. The smallest absolute Gasteiger partial charge is 0.251 e. The molecular formula is C30H43N3O4S. The molecule has 2 amide bonds. The van der Waals surface area contributed by atoms with Crippen molar-refractivity contribution in [3.63, 3.8) is 0 Å². The number of aliphatic hydroxyl groups excluding tert-OH is 1. The van der Waals surface area contributed by atoms with Gasteiger partial charge in [-0.2, -0.15) is 0 Å². The Hall–Kier alpha value is -2.68. The lowest BCUT2D eigenvalue weighted by molar-refractivity contribution is -0.122. The van der Waals surface area contributed by atoms with Gasteiger partial charge < -0.3 is 21.1 Å². The number of carbonyl (C=O) groups excluding carboxylic acids is 2. The molecule has 7 nitrogen and oxygen atoms in total. The van der Waals surface area contributed by atoms with Crippen LogP contribution in [-0.4, -0.2) is 62.7 Å². The van der Waals surface area contributed by atoms with Gasteiger partial charge in [-0.15, -0.1) is 0 Å². The van der Waals surface area contributed by atoms with E-state index in [1.165, 1.54) is 5.56 Å². The van der Waals surface area contributed by atoms with Gasteiger partial charge in [-0.1, -0.05) is 69.2 Å².